The number of hydrogen-bond acceptors (Lipinski definition) is 7. The van der Waals surface area contributed by atoms with E-state index in [9.17, 15) is 24.9 Å². The number of para-hydroxylation sites is 2. The van der Waals surface area contributed by atoms with Crippen LogP contribution in [0.5, 0.6) is 0 Å². The first-order valence-electron chi connectivity index (χ1n) is 10.9. The Labute approximate surface area is 190 Å². The lowest BCUT2D eigenvalue weighted by atomic mass is 9.96. The molecule has 4 heterocycles. The number of cyclic esters (lactones) is 2. The quantitative estimate of drug-likeness (QED) is 0.224. The van der Waals surface area contributed by atoms with E-state index in [4.69, 9.17) is 9.47 Å². The van der Waals surface area contributed by atoms with Gasteiger partial charge in [-0.3, -0.25) is 0 Å². The molecule has 2 aliphatic rings. The van der Waals surface area contributed by atoms with E-state index in [0.29, 0.717) is 32.7 Å². The van der Waals surface area contributed by atoms with Gasteiger partial charge < -0.3 is 34.3 Å². The highest BCUT2D eigenvalue weighted by Crippen LogP contribution is 2.46. The second-order valence-corrected chi connectivity index (χ2v) is 8.73. The summed E-state index contributed by atoms with van der Waals surface area (Å²) in [7, 11) is 0. The summed E-state index contributed by atoms with van der Waals surface area (Å²) in [5, 5.41) is 33.7. The molecule has 9 nitrogen and oxygen atoms in total. The normalized spacial score (nSPS) is 25.0. The maximum atomic E-state index is 13.0. The van der Waals surface area contributed by atoms with E-state index in [1.807, 2.05) is 48.5 Å². The lowest BCUT2D eigenvalue weighted by Crippen LogP contribution is -2.50. The Morgan fingerprint density at radius 3 is 2.32 bits per heavy atom. The zero-order chi connectivity index (χ0) is 23.3. The first kappa shape index (κ1) is 19.7. The number of esters is 2. The van der Waals surface area contributed by atoms with Crippen LogP contribution in [0, 0.1) is 0 Å². The monoisotopic (exact) mass is 458 g/mol. The van der Waals surface area contributed by atoms with Crippen LogP contribution in [0.2, 0.25) is 0 Å². The average molecular weight is 458 g/mol. The number of benzene rings is 3. The van der Waals surface area contributed by atoms with Crippen molar-refractivity contribution < 1.29 is 34.4 Å². The molecule has 9 heteroatoms. The second-order valence-electron chi connectivity index (χ2n) is 8.73. The Bertz CT molecular complexity index is 1700. The zero-order valence-electron chi connectivity index (χ0n) is 17.6. The van der Waals surface area contributed by atoms with E-state index in [1.54, 1.807) is 4.57 Å². The molecule has 0 saturated carbocycles. The Kier molecular flexibility index (Phi) is 3.85. The van der Waals surface area contributed by atoms with E-state index in [0.717, 1.165) is 10.9 Å². The summed E-state index contributed by atoms with van der Waals surface area (Å²) in [4.78, 5) is 29.2. The van der Waals surface area contributed by atoms with Gasteiger partial charge in [0.2, 0.25) is 0 Å². The molecule has 2 aromatic heterocycles. The smallest absolute Gasteiger partial charge is 0.347 e. The summed E-state index contributed by atoms with van der Waals surface area (Å²) in [6.07, 6.45) is -5.15. The van der Waals surface area contributed by atoms with Gasteiger partial charge in [-0.2, -0.15) is 0 Å². The maximum Gasteiger partial charge on any atom is 0.347 e. The van der Waals surface area contributed by atoms with E-state index in [2.05, 4.69) is 4.98 Å². The third-order valence-electron chi connectivity index (χ3n) is 6.93. The topological polar surface area (TPSA) is 134 Å². The molecule has 4 atom stereocenters. The third-order valence-corrected chi connectivity index (χ3v) is 6.93. The van der Waals surface area contributed by atoms with Crippen LogP contribution in [0.3, 0.4) is 0 Å². The molecule has 4 N–H and O–H groups in total. The van der Waals surface area contributed by atoms with Crippen molar-refractivity contribution in [1.82, 2.24) is 9.55 Å². The molecule has 0 aliphatic carbocycles. The summed E-state index contributed by atoms with van der Waals surface area (Å²) in [6, 6.07) is 14.7. The number of H-pyrrole nitrogens is 1. The number of rotatable bonds is 1. The van der Waals surface area contributed by atoms with Crippen LogP contribution in [0.4, 0.5) is 0 Å². The zero-order valence-corrected chi connectivity index (χ0v) is 17.6. The van der Waals surface area contributed by atoms with Gasteiger partial charge in [0, 0.05) is 27.1 Å². The molecule has 2 aliphatic heterocycles. The number of nitrogens with one attached hydrogen (secondary N) is 1. The van der Waals surface area contributed by atoms with Crippen molar-refractivity contribution in [1.29, 1.82) is 0 Å². The van der Waals surface area contributed by atoms with Crippen LogP contribution in [0.15, 0.2) is 48.5 Å². The summed E-state index contributed by atoms with van der Waals surface area (Å²) in [5.74, 6) is -1.44. The van der Waals surface area contributed by atoms with Gasteiger partial charge in [0.15, 0.2) is 6.23 Å². The van der Waals surface area contributed by atoms with Crippen LogP contribution in [0.1, 0.15) is 26.9 Å². The van der Waals surface area contributed by atoms with Gasteiger partial charge in [-0.1, -0.05) is 36.4 Å². The molecule has 3 aromatic carbocycles. The van der Waals surface area contributed by atoms with Crippen LogP contribution in [-0.2, 0) is 9.47 Å². The molecule has 7 rings (SSSR count). The van der Waals surface area contributed by atoms with Gasteiger partial charge in [-0.25, -0.2) is 9.59 Å². The Morgan fingerprint density at radius 1 is 0.853 bits per heavy atom. The first-order valence-corrected chi connectivity index (χ1v) is 10.9. The van der Waals surface area contributed by atoms with E-state index < -0.39 is 36.5 Å². The second kappa shape index (κ2) is 6.64. The average Bonchev–Trinajstić information content (AvgIpc) is 3.47. The molecule has 0 unspecified atom stereocenters. The minimum Gasteiger partial charge on any atom is -0.388 e. The van der Waals surface area contributed by atoms with Crippen LogP contribution >= 0.6 is 0 Å². The van der Waals surface area contributed by atoms with Crippen molar-refractivity contribution in [2.75, 3.05) is 6.61 Å². The summed E-state index contributed by atoms with van der Waals surface area (Å²) < 4.78 is 12.6. The molecule has 170 valence electrons. The Morgan fingerprint density at radius 2 is 1.53 bits per heavy atom. The molecule has 1 fully saturated rings. The maximum absolute atomic E-state index is 13.0. The fourth-order valence-electron chi connectivity index (χ4n) is 5.47. The SMILES string of the molecule is O=C1OC(=O)c2c1c1c3ccccc3[nH]c1c1c2c2ccccc2n1[C@@H]1OC[C@H](O)[C@H](O)[C@H]1O. The molecule has 34 heavy (non-hydrogen) atoms. The van der Waals surface area contributed by atoms with E-state index >= 15 is 0 Å². The summed E-state index contributed by atoms with van der Waals surface area (Å²) in [6.45, 7) is -0.182. The predicted octanol–water partition coefficient (Wildman–Crippen LogP) is 2.35. The minimum absolute atomic E-state index is 0.165. The van der Waals surface area contributed by atoms with E-state index in [1.165, 1.54) is 0 Å². The molecular formula is C25H18N2O7. The fourth-order valence-corrected chi connectivity index (χ4v) is 5.47. The molecule has 0 spiro atoms. The highest BCUT2D eigenvalue weighted by atomic mass is 16.6. The van der Waals surface area contributed by atoms with Crippen molar-refractivity contribution in [2.45, 2.75) is 24.5 Å². The van der Waals surface area contributed by atoms with Crippen molar-refractivity contribution in [3.63, 3.8) is 0 Å². The summed E-state index contributed by atoms with van der Waals surface area (Å²) >= 11 is 0. The van der Waals surface area contributed by atoms with Crippen LogP contribution in [0.25, 0.3) is 43.6 Å². The van der Waals surface area contributed by atoms with Crippen LogP contribution in [-0.4, -0.2) is 61.7 Å². The van der Waals surface area contributed by atoms with Gasteiger partial charge in [-0.05, 0) is 12.1 Å². The standard InChI is InChI=1S/C25H18N2O7/c28-14-9-33-23(22(30)21(14)29)27-13-8-4-2-6-11(13)16-18-17(24(31)34-25(18)32)15-10-5-1-3-7-12(10)26-19(15)20(16)27/h1-8,14,21-23,26,28-30H,9H2/t14-,21-,22+,23+/m0/s1. The number of hydrogen-bond donors (Lipinski definition) is 4. The largest absolute Gasteiger partial charge is 0.388 e. The lowest BCUT2D eigenvalue weighted by Gasteiger charge is -2.36. The minimum atomic E-state index is -1.44. The van der Waals surface area contributed by atoms with Crippen molar-refractivity contribution in [3.05, 3.63) is 59.7 Å². The highest BCUT2D eigenvalue weighted by Gasteiger charge is 2.42. The van der Waals surface area contributed by atoms with Crippen molar-refractivity contribution >= 4 is 55.6 Å². The Hall–Kier alpha value is -3.76. The molecule has 1 saturated heterocycles. The number of carbonyl (C=O) groups is 2. The van der Waals surface area contributed by atoms with Gasteiger partial charge in [0.25, 0.3) is 0 Å². The molecule has 0 amide bonds. The number of aliphatic hydroxyl groups excluding tert-OH is 3. The van der Waals surface area contributed by atoms with Crippen molar-refractivity contribution in [2.24, 2.45) is 0 Å². The molecular weight excluding hydrogens is 440 g/mol. The summed E-state index contributed by atoms with van der Waals surface area (Å²) in [5.41, 5.74) is 2.87. The van der Waals surface area contributed by atoms with Crippen LogP contribution < -0.4 is 0 Å². The molecule has 0 radical (unpaired) electrons. The number of aromatic nitrogens is 2. The van der Waals surface area contributed by atoms with Gasteiger partial charge >= 0.3 is 11.9 Å². The first-order chi connectivity index (χ1) is 16.5. The number of nitrogens with zero attached hydrogens (tertiary/aromatic N) is 1. The van der Waals surface area contributed by atoms with Gasteiger partial charge in [0.05, 0.1) is 34.3 Å². The predicted molar refractivity (Wildman–Crippen MR) is 122 cm³/mol. The van der Waals surface area contributed by atoms with Gasteiger partial charge in [0.1, 0.15) is 18.3 Å². The number of ether oxygens (including phenoxy) is 2. The van der Waals surface area contributed by atoms with Crippen molar-refractivity contribution in [3.8, 4) is 0 Å². The molecule has 0 bridgehead atoms. The number of carbonyl (C=O) groups excluding carboxylic acids is 2. The number of fused-ring (bicyclic) bond motifs is 10. The van der Waals surface area contributed by atoms with E-state index in [-0.39, 0.29) is 17.7 Å². The third kappa shape index (κ3) is 2.31. The number of aliphatic hydroxyl groups is 3. The fraction of sp³-hybridized carbons (Fsp3) is 0.200. The molecule has 5 aromatic rings. The van der Waals surface area contributed by atoms with Gasteiger partial charge in [-0.15, -0.1) is 0 Å². The Balaban J connectivity index is 1.73. The lowest BCUT2D eigenvalue weighted by molar-refractivity contribution is -0.208. The highest BCUT2D eigenvalue weighted by molar-refractivity contribution is 6.36. The number of aromatic amines is 1.